The number of furan rings is 1. The Morgan fingerprint density at radius 1 is 0.852 bits per heavy atom. The first-order valence-corrected chi connectivity index (χ1v) is 25.4. The minimum absolute atomic E-state index is 0. The van der Waals surface area contributed by atoms with Crippen molar-refractivity contribution < 1.29 is 33.0 Å². The van der Waals surface area contributed by atoms with Gasteiger partial charge in [-0.15, -0.1) is 18.2 Å². The molecule has 8 rings (SSSR count). The molecule has 0 aliphatic heterocycles. The van der Waals surface area contributed by atoms with Crippen molar-refractivity contribution in [1.29, 1.82) is 0 Å². The van der Waals surface area contributed by atoms with Crippen LogP contribution in [0.3, 0.4) is 0 Å². The first-order valence-electron chi connectivity index (χ1n) is 19.5. The van der Waals surface area contributed by atoms with Crippen molar-refractivity contribution in [2.24, 2.45) is 0 Å². The molecule has 277 valence electrons. The summed E-state index contributed by atoms with van der Waals surface area (Å²) < 4.78 is 45.9. The molecule has 0 saturated heterocycles. The number of hydrogen-bond acceptors (Lipinski definition) is 4. The van der Waals surface area contributed by atoms with Crippen LogP contribution in [0.5, 0.6) is 0 Å². The van der Waals surface area contributed by atoms with E-state index >= 15 is 0 Å². The molecule has 0 unspecified atom stereocenters. The largest absolute Gasteiger partial charge is 0 e. The molecule has 4 aromatic heterocycles. The Balaban J connectivity index is 0.000000215. The van der Waals surface area contributed by atoms with E-state index in [1.54, 1.807) is 12.3 Å². The average molecular weight is 957 g/mol. The molecule has 0 aliphatic carbocycles. The summed E-state index contributed by atoms with van der Waals surface area (Å²) >= 11 is -1.94. The van der Waals surface area contributed by atoms with Gasteiger partial charge in [-0.3, -0.25) is 9.97 Å². The van der Waals surface area contributed by atoms with Crippen LogP contribution < -0.4 is 4.40 Å². The maximum absolute atomic E-state index is 14.1. The Morgan fingerprint density at radius 3 is 2.24 bits per heavy atom. The number of nitrogens with zero attached hydrogens (tertiary/aromatic N) is 4. The molecule has 8 heteroatoms. The van der Waals surface area contributed by atoms with E-state index in [-0.39, 0.29) is 31.2 Å². The second kappa shape index (κ2) is 15.7. The Labute approximate surface area is 338 Å². The Kier molecular flexibility index (Phi) is 10.3. The number of hydrogen-bond donors (Lipinski definition) is 0. The van der Waals surface area contributed by atoms with E-state index in [0.717, 1.165) is 56.1 Å². The van der Waals surface area contributed by atoms with Crippen LogP contribution in [0.4, 0.5) is 4.39 Å². The summed E-state index contributed by atoms with van der Waals surface area (Å²) in [6.45, 7) is 8.73. The second-order valence-electron chi connectivity index (χ2n) is 15.1. The van der Waals surface area contributed by atoms with Gasteiger partial charge < -0.3 is 8.98 Å². The van der Waals surface area contributed by atoms with Crippen LogP contribution in [0.25, 0.3) is 61.3 Å². The molecule has 0 amide bonds. The van der Waals surface area contributed by atoms with Crippen molar-refractivity contribution in [1.82, 2.24) is 19.5 Å². The number of fused-ring (bicyclic) bond motifs is 4. The van der Waals surface area contributed by atoms with Crippen LogP contribution in [0.15, 0.2) is 102 Å². The Morgan fingerprint density at radius 2 is 1.59 bits per heavy atom. The van der Waals surface area contributed by atoms with Crippen LogP contribution in [0.1, 0.15) is 66.0 Å². The molecule has 5 nitrogen and oxygen atoms in total. The van der Waals surface area contributed by atoms with Gasteiger partial charge in [0.25, 0.3) is 0 Å². The minimum atomic E-state index is -2.33. The summed E-state index contributed by atoms with van der Waals surface area (Å²) in [5.74, 6) is 7.68. The van der Waals surface area contributed by atoms with Gasteiger partial charge in [-0.1, -0.05) is 75.0 Å². The molecular formula is C46H45FGeIrN4O-2. The van der Waals surface area contributed by atoms with Crippen molar-refractivity contribution in [3.8, 4) is 28.3 Å². The van der Waals surface area contributed by atoms with Crippen LogP contribution in [-0.4, -0.2) is 32.8 Å². The normalized spacial score (nSPS) is 12.8. The van der Waals surface area contributed by atoms with Gasteiger partial charge in [0.05, 0.1) is 28.1 Å². The first kappa shape index (κ1) is 35.3. The van der Waals surface area contributed by atoms with E-state index in [4.69, 9.17) is 13.5 Å². The van der Waals surface area contributed by atoms with Gasteiger partial charge in [0.1, 0.15) is 5.58 Å². The number of aromatic nitrogens is 4. The summed E-state index contributed by atoms with van der Waals surface area (Å²) in [6, 6.07) is 33.1. The van der Waals surface area contributed by atoms with Crippen molar-refractivity contribution in [3.63, 3.8) is 0 Å². The minimum Gasteiger partial charge on any atom is 0 e. The summed E-state index contributed by atoms with van der Waals surface area (Å²) in [4.78, 5) is 14.1. The van der Waals surface area contributed by atoms with E-state index in [0.29, 0.717) is 17.5 Å². The fraction of sp³-hybridized carbons (Fsp3) is 0.239. The van der Waals surface area contributed by atoms with E-state index in [1.165, 1.54) is 27.3 Å². The molecule has 0 spiro atoms. The maximum atomic E-state index is 14.1. The van der Waals surface area contributed by atoms with Gasteiger partial charge >= 0.3 is 114 Å². The number of pyridine rings is 2. The Hall–Kier alpha value is -4.43. The third kappa shape index (κ3) is 7.46. The fourth-order valence-electron chi connectivity index (χ4n) is 6.84. The van der Waals surface area contributed by atoms with Crippen molar-refractivity contribution in [3.05, 3.63) is 138 Å². The third-order valence-electron chi connectivity index (χ3n) is 9.65. The molecule has 4 aromatic carbocycles. The summed E-state index contributed by atoms with van der Waals surface area (Å²) in [6.07, 6.45) is 3.63. The molecule has 0 aliphatic rings. The zero-order chi connectivity index (χ0) is 40.1. The van der Waals surface area contributed by atoms with Gasteiger partial charge in [-0.25, -0.2) is 0 Å². The van der Waals surface area contributed by atoms with Gasteiger partial charge in [0.2, 0.25) is 0 Å². The molecule has 0 N–H and O–H groups in total. The van der Waals surface area contributed by atoms with E-state index in [2.05, 4.69) is 109 Å². The molecule has 8 aromatic rings. The monoisotopic (exact) mass is 958 g/mol. The summed E-state index contributed by atoms with van der Waals surface area (Å²) in [5, 5.41) is 2.17. The van der Waals surface area contributed by atoms with Gasteiger partial charge in [0, 0.05) is 37.4 Å². The predicted octanol–water partition coefficient (Wildman–Crippen LogP) is 11.9. The standard InChI is InChI=1S/C31H28N3O.C15H17FGeN.Ir/c1-18(2)21-11-8-12-22(19(3)4)29(21)34-28-20(5)32-17-16-26(28)33-31(34)25-14-9-13-24-23-10-6-7-15-27(23)35-30(24)25;1-11-5-7-13(14(16)9-11)15-8-6-12(10-18-15)17(2,3)4;/h6-13,15-19H,1-5H3;5-6,8-10H,1-4H3;/q2*-1;/i;1D3;. The number of rotatable bonds is 6. The smallest absolute Gasteiger partial charge is 0 e. The van der Waals surface area contributed by atoms with Gasteiger partial charge in [-0.05, 0) is 42.0 Å². The number of aryl methyl sites for hydroxylation is 2. The zero-order valence-corrected chi connectivity index (χ0v) is 36.3. The molecule has 0 atom stereocenters. The van der Waals surface area contributed by atoms with Gasteiger partial charge in [0.15, 0.2) is 0 Å². The first-order chi connectivity index (χ1) is 26.5. The zero-order valence-electron chi connectivity index (χ0n) is 34.8. The number of para-hydroxylation sites is 2. The van der Waals surface area contributed by atoms with Crippen molar-refractivity contribution in [2.75, 3.05) is 0 Å². The summed E-state index contributed by atoms with van der Waals surface area (Å²) in [7, 11) is 0. The number of benzene rings is 4. The van der Waals surface area contributed by atoms with Crippen LogP contribution in [0.2, 0.25) is 17.3 Å². The van der Waals surface area contributed by atoms with Crippen LogP contribution in [0, 0.1) is 31.7 Å². The van der Waals surface area contributed by atoms with Crippen molar-refractivity contribution in [2.45, 2.75) is 70.6 Å². The molecule has 0 bridgehead atoms. The molecule has 0 fully saturated rings. The Bertz CT molecular complexity index is 2690. The fourth-order valence-corrected chi connectivity index (χ4v) is 9.02. The van der Waals surface area contributed by atoms with Crippen LogP contribution >= 0.6 is 0 Å². The molecule has 54 heavy (non-hydrogen) atoms. The third-order valence-corrected chi connectivity index (χ3v) is 13.9. The van der Waals surface area contributed by atoms with E-state index in [1.807, 2.05) is 42.6 Å². The van der Waals surface area contributed by atoms with Gasteiger partial charge in [-0.2, -0.15) is 0 Å². The topological polar surface area (TPSA) is 56.7 Å². The average Bonchev–Trinajstić information content (AvgIpc) is 3.74. The van der Waals surface area contributed by atoms with E-state index in [9.17, 15) is 4.39 Å². The molecule has 4 heterocycles. The second-order valence-corrected chi connectivity index (χ2v) is 25.8. The van der Waals surface area contributed by atoms with E-state index < -0.39 is 25.9 Å². The number of halogens is 1. The molecular weight excluding hydrogens is 908 g/mol. The van der Waals surface area contributed by atoms with Crippen LogP contribution in [-0.2, 0) is 20.1 Å². The molecule has 0 saturated carbocycles. The molecule has 1 radical (unpaired) electrons. The quantitative estimate of drug-likeness (QED) is 0.123. The predicted molar refractivity (Wildman–Crippen MR) is 220 cm³/mol. The summed E-state index contributed by atoms with van der Waals surface area (Å²) in [5.41, 5.74) is 9.83. The van der Waals surface area contributed by atoms with Crippen molar-refractivity contribution >= 4 is 50.6 Å². The maximum Gasteiger partial charge on any atom is 0 e. The number of imidazole rings is 1. The SMILES string of the molecule is Cc1nccc2nc(-c3[c-]ccc4c3oc3ccccc34)n(-c3c(C(C)C)cccc3C(C)C)c12.[2H]C([2H])([2H])c1c[c-]c(-c2cc[c]([Ge]([CH3])([CH3])[CH3])cn2)c(F)c1.[Ir].